The third-order valence-electron chi connectivity index (χ3n) is 5.40. The van der Waals surface area contributed by atoms with E-state index in [1.54, 1.807) is 48.7 Å². The van der Waals surface area contributed by atoms with E-state index in [0.29, 0.717) is 47.3 Å². The summed E-state index contributed by atoms with van der Waals surface area (Å²) in [6.45, 7) is 4.62. The first-order valence-electron chi connectivity index (χ1n) is 11.6. The Morgan fingerprint density at radius 2 is 1.58 bits per heavy atom. The third-order valence-corrected chi connectivity index (χ3v) is 5.40. The minimum absolute atomic E-state index is 0.228. The number of amides is 2. The first-order chi connectivity index (χ1) is 17.5. The molecule has 0 unspecified atom stereocenters. The Kier molecular flexibility index (Phi) is 7.93. The SMILES string of the molecule is CCOc1ccccc1Oc1ccc(CNC(=O)c2ccc(C)c(NC(=O)c3ccccc3)c2)cn1. The van der Waals surface area contributed by atoms with E-state index in [4.69, 9.17) is 9.47 Å². The lowest BCUT2D eigenvalue weighted by molar-refractivity contribution is 0.0949. The van der Waals surface area contributed by atoms with Crippen molar-refractivity contribution in [3.63, 3.8) is 0 Å². The third kappa shape index (κ3) is 6.27. The number of rotatable bonds is 9. The molecule has 0 aliphatic heterocycles. The highest BCUT2D eigenvalue weighted by atomic mass is 16.5. The summed E-state index contributed by atoms with van der Waals surface area (Å²) in [4.78, 5) is 29.6. The van der Waals surface area contributed by atoms with Gasteiger partial charge in [-0.25, -0.2) is 4.98 Å². The van der Waals surface area contributed by atoms with Gasteiger partial charge >= 0.3 is 0 Å². The second-order valence-corrected chi connectivity index (χ2v) is 8.02. The zero-order valence-corrected chi connectivity index (χ0v) is 20.2. The van der Waals surface area contributed by atoms with Crippen molar-refractivity contribution in [2.75, 3.05) is 11.9 Å². The van der Waals surface area contributed by atoms with Crippen LogP contribution in [0.1, 0.15) is 38.8 Å². The van der Waals surface area contributed by atoms with Crippen LogP contribution in [-0.4, -0.2) is 23.4 Å². The number of pyridine rings is 1. The first-order valence-corrected chi connectivity index (χ1v) is 11.6. The highest BCUT2D eigenvalue weighted by Crippen LogP contribution is 2.30. The maximum atomic E-state index is 12.8. The maximum absolute atomic E-state index is 12.8. The van der Waals surface area contributed by atoms with E-state index in [2.05, 4.69) is 15.6 Å². The number of aromatic nitrogens is 1. The molecule has 0 radical (unpaired) electrons. The molecule has 0 fully saturated rings. The number of nitrogens with zero attached hydrogens (tertiary/aromatic N) is 1. The van der Waals surface area contributed by atoms with Gasteiger partial charge in [-0.05, 0) is 61.4 Å². The molecule has 0 bridgehead atoms. The zero-order chi connectivity index (χ0) is 25.3. The van der Waals surface area contributed by atoms with Gasteiger partial charge in [-0.1, -0.05) is 42.5 Å². The number of anilines is 1. The summed E-state index contributed by atoms with van der Waals surface area (Å²) in [5.74, 6) is 1.18. The number of hydrogen-bond donors (Lipinski definition) is 2. The molecule has 7 nitrogen and oxygen atoms in total. The number of para-hydroxylation sites is 2. The van der Waals surface area contributed by atoms with Crippen LogP contribution in [0.2, 0.25) is 0 Å². The summed E-state index contributed by atoms with van der Waals surface area (Å²) < 4.78 is 11.4. The molecule has 0 saturated carbocycles. The predicted octanol–water partition coefficient (Wildman–Crippen LogP) is 5.76. The number of nitrogens with one attached hydrogen (secondary N) is 2. The van der Waals surface area contributed by atoms with Gasteiger partial charge in [0.25, 0.3) is 11.8 Å². The van der Waals surface area contributed by atoms with Crippen LogP contribution in [-0.2, 0) is 6.54 Å². The van der Waals surface area contributed by atoms with Gasteiger partial charge in [0, 0.05) is 35.6 Å². The molecule has 1 heterocycles. The molecule has 0 aliphatic carbocycles. The Morgan fingerprint density at radius 1 is 0.833 bits per heavy atom. The quantitative estimate of drug-likeness (QED) is 0.317. The van der Waals surface area contributed by atoms with Gasteiger partial charge in [-0.2, -0.15) is 0 Å². The second kappa shape index (κ2) is 11.7. The highest BCUT2D eigenvalue weighted by Gasteiger charge is 2.12. The average Bonchev–Trinajstić information content (AvgIpc) is 2.91. The van der Waals surface area contributed by atoms with Crippen molar-refractivity contribution in [1.82, 2.24) is 10.3 Å². The molecule has 1 aromatic heterocycles. The Hall–Kier alpha value is -4.65. The predicted molar refractivity (Wildman–Crippen MR) is 139 cm³/mol. The summed E-state index contributed by atoms with van der Waals surface area (Å²) in [7, 11) is 0. The molecule has 4 aromatic rings. The van der Waals surface area contributed by atoms with Crippen LogP contribution < -0.4 is 20.1 Å². The number of ether oxygens (including phenoxy) is 2. The van der Waals surface area contributed by atoms with Crippen LogP contribution in [0, 0.1) is 6.92 Å². The lowest BCUT2D eigenvalue weighted by Gasteiger charge is -2.12. The molecule has 4 rings (SSSR count). The molecular formula is C29H27N3O4. The number of carbonyl (C=O) groups is 2. The Bertz CT molecular complexity index is 1340. The molecular weight excluding hydrogens is 454 g/mol. The van der Waals surface area contributed by atoms with Crippen LogP contribution in [0.15, 0.2) is 91.1 Å². The molecule has 0 atom stereocenters. The number of carbonyl (C=O) groups excluding carboxylic acids is 2. The van der Waals surface area contributed by atoms with Crippen LogP contribution in [0.3, 0.4) is 0 Å². The van der Waals surface area contributed by atoms with Gasteiger partial charge in [0.15, 0.2) is 11.5 Å². The lowest BCUT2D eigenvalue weighted by atomic mass is 10.1. The maximum Gasteiger partial charge on any atom is 0.255 e. The van der Waals surface area contributed by atoms with Crippen molar-refractivity contribution in [3.8, 4) is 17.4 Å². The Balaban J connectivity index is 1.36. The van der Waals surface area contributed by atoms with Gasteiger partial charge in [0.05, 0.1) is 6.61 Å². The largest absolute Gasteiger partial charge is 0.490 e. The van der Waals surface area contributed by atoms with Crippen molar-refractivity contribution in [2.24, 2.45) is 0 Å². The van der Waals surface area contributed by atoms with Gasteiger partial charge in [0.2, 0.25) is 5.88 Å². The second-order valence-electron chi connectivity index (χ2n) is 8.02. The number of benzene rings is 3. The van der Waals surface area contributed by atoms with Crippen molar-refractivity contribution in [2.45, 2.75) is 20.4 Å². The minimum Gasteiger partial charge on any atom is -0.490 e. The highest BCUT2D eigenvalue weighted by molar-refractivity contribution is 6.05. The fourth-order valence-electron chi connectivity index (χ4n) is 3.46. The van der Waals surface area contributed by atoms with E-state index in [1.807, 2.05) is 56.3 Å². The van der Waals surface area contributed by atoms with Crippen LogP contribution in [0.4, 0.5) is 5.69 Å². The van der Waals surface area contributed by atoms with E-state index in [1.165, 1.54) is 0 Å². The van der Waals surface area contributed by atoms with E-state index in [0.717, 1.165) is 11.1 Å². The fourth-order valence-corrected chi connectivity index (χ4v) is 3.46. The van der Waals surface area contributed by atoms with E-state index < -0.39 is 0 Å². The van der Waals surface area contributed by atoms with Crippen LogP contribution >= 0.6 is 0 Å². The monoisotopic (exact) mass is 481 g/mol. The van der Waals surface area contributed by atoms with E-state index in [-0.39, 0.29) is 11.8 Å². The van der Waals surface area contributed by atoms with Gasteiger partial charge in [-0.15, -0.1) is 0 Å². The van der Waals surface area contributed by atoms with Crippen LogP contribution in [0.5, 0.6) is 17.4 Å². The molecule has 182 valence electrons. The van der Waals surface area contributed by atoms with Gasteiger partial charge < -0.3 is 20.1 Å². The molecule has 0 aliphatic rings. The average molecular weight is 482 g/mol. The molecule has 0 saturated heterocycles. The Morgan fingerprint density at radius 3 is 2.31 bits per heavy atom. The standard InChI is InChI=1S/C29H27N3O4/c1-3-35-25-11-7-8-12-26(25)36-27-16-14-21(18-30-27)19-31-28(33)23-15-13-20(2)24(17-23)32-29(34)22-9-5-4-6-10-22/h4-18H,3,19H2,1-2H3,(H,31,33)(H,32,34). The lowest BCUT2D eigenvalue weighted by Crippen LogP contribution is -2.23. The molecule has 7 heteroatoms. The smallest absolute Gasteiger partial charge is 0.255 e. The fraction of sp³-hybridized carbons (Fsp3) is 0.138. The summed E-state index contributed by atoms with van der Waals surface area (Å²) in [5, 5.41) is 5.77. The minimum atomic E-state index is -0.254. The first kappa shape index (κ1) is 24.5. The molecule has 2 N–H and O–H groups in total. The van der Waals surface area contributed by atoms with Gasteiger partial charge in [-0.3, -0.25) is 9.59 Å². The summed E-state index contributed by atoms with van der Waals surface area (Å²) in [6, 6.07) is 25.1. The van der Waals surface area contributed by atoms with Crippen molar-refractivity contribution in [1.29, 1.82) is 0 Å². The van der Waals surface area contributed by atoms with Crippen molar-refractivity contribution >= 4 is 17.5 Å². The van der Waals surface area contributed by atoms with Gasteiger partial charge in [0.1, 0.15) is 0 Å². The molecule has 3 aromatic carbocycles. The normalized spacial score (nSPS) is 10.4. The summed E-state index contributed by atoms with van der Waals surface area (Å²) in [5.41, 5.74) is 3.27. The topological polar surface area (TPSA) is 89.5 Å². The molecule has 36 heavy (non-hydrogen) atoms. The van der Waals surface area contributed by atoms with Crippen molar-refractivity contribution in [3.05, 3.63) is 113 Å². The van der Waals surface area contributed by atoms with E-state index >= 15 is 0 Å². The van der Waals surface area contributed by atoms with E-state index in [9.17, 15) is 9.59 Å². The number of hydrogen-bond acceptors (Lipinski definition) is 5. The molecule has 2 amide bonds. The number of aryl methyl sites for hydroxylation is 1. The summed E-state index contributed by atoms with van der Waals surface area (Å²) >= 11 is 0. The summed E-state index contributed by atoms with van der Waals surface area (Å²) in [6.07, 6.45) is 1.65. The molecule has 0 spiro atoms. The van der Waals surface area contributed by atoms with Crippen molar-refractivity contribution < 1.29 is 19.1 Å². The zero-order valence-electron chi connectivity index (χ0n) is 20.2. The van der Waals surface area contributed by atoms with Crippen LogP contribution in [0.25, 0.3) is 0 Å². The Labute approximate surface area is 210 Å².